The third-order valence-corrected chi connectivity index (χ3v) is 5.03. The summed E-state index contributed by atoms with van der Waals surface area (Å²) >= 11 is 0. The zero-order valence-electron chi connectivity index (χ0n) is 15.0. The number of rotatable bonds is 3. The Morgan fingerprint density at radius 1 is 0.640 bits per heavy atom. The maximum atomic E-state index is 2.35. The van der Waals surface area contributed by atoms with E-state index in [0.717, 1.165) is 0 Å². The third kappa shape index (κ3) is 2.92. The van der Waals surface area contributed by atoms with Crippen LogP contribution in [0.4, 0.5) is 0 Å². The molecule has 0 unspecified atom stereocenters. The minimum atomic E-state index is 0.245. The van der Waals surface area contributed by atoms with Gasteiger partial charge in [0.25, 0.3) is 0 Å². The van der Waals surface area contributed by atoms with Crippen LogP contribution in [0.1, 0.15) is 22.7 Å². The van der Waals surface area contributed by atoms with E-state index in [9.17, 15) is 0 Å². The van der Waals surface area contributed by atoms with Crippen LogP contribution in [0.5, 0.6) is 0 Å². The summed E-state index contributed by atoms with van der Waals surface area (Å²) in [5.74, 6) is 0. The maximum absolute atomic E-state index is 2.35. The fourth-order valence-electron chi connectivity index (χ4n) is 3.80. The molecule has 0 aliphatic heterocycles. The van der Waals surface area contributed by atoms with E-state index in [0.29, 0.717) is 0 Å². The fourth-order valence-corrected chi connectivity index (χ4v) is 3.80. The van der Waals surface area contributed by atoms with Crippen LogP contribution in [-0.2, 0) is 0 Å². The van der Waals surface area contributed by atoms with Gasteiger partial charge in [0.05, 0.1) is 6.04 Å². The number of nitrogens with zero attached hydrogens (tertiary/aromatic N) is 1. The van der Waals surface area contributed by atoms with E-state index in [1.165, 1.54) is 38.2 Å². The average Bonchev–Trinajstić information content (AvgIpc) is 2.62. The van der Waals surface area contributed by atoms with Gasteiger partial charge in [-0.25, -0.2) is 0 Å². The Labute approximate surface area is 149 Å². The third-order valence-electron chi connectivity index (χ3n) is 5.03. The lowest BCUT2D eigenvalue weighted by molar-refractivity contribution is 0.341. The highest BCUT2D eigenvalue weighted by Crippen LogP contribution is 2.33. The van der Waals surface area contributed by atoms with Crippen LogP contribution in [0, 0.1) is 6.92 Å². The summed E-state index contributed by atoms with van der Waals surface area (Å²) in [7, 11) is 4.32. The second-order valence-corrected chi connectivity index (χ2v) is 7.03. The minimum absolute atomic E-state index is 0.245. The standard InChI is InChI=1S/C24H23N/c1-17-14-19-9-6-7-11-21(19)16-23(17)24(25(2)3)22-13-12-18-8-4-5-10-20(18)15-22/h4-16,24H,1-3H3/t24-/m0/s1. The van der Waals surface area contributed by atoms with Crippen LogP contribution in [0.3, 0.4) is 0 Å². The molecule has 0 radical (unpaired) electrons. The molecule has 1 atom stereocenters. The zero-order chi connectivity index (χ0) is 17.4. The zero-order valence-corrected chi connectivity index (χ0v) is 15.0. The summed E-state index contributed by atoms with van der Waals surface area (Å²) in [5.41, 5.74) is 4.05. The van der Waals surface area contributed by atoms with E-state index in [1.54, 1.807) is 0 Å². The molecule has 0 spiro atoms. The van der Waals surface area contributed by atoms with Crippen molar-refractivity contribution in [2.45, 2.75) is 13.0 Å². The first-order valence-corrected chi connectivity index (χ1v) is 8.78. The maximum Gasteiger partial charge on any atom is 0.0599 e. The first-order valence-electron chi connectivity index (χ1n) is 8.78. The van der Waals surface area contributed by atoms with Gasteiger partial charge in [-0.15, -0.1) is 0 Å². The number of hydrogen-bond donors (Lipinski definition) is 0. The molecule has 0 aliphatic rings. The Morgan fingerprint density at radius 2 is 1.20 bits per heavy atom. The summed E-state index contributed by atoms with van der Waals surface area (Å²) in [5, 5.41) is 5.19. The molecule has 1 nitrogen and oxygen atoms in total. The number of hydrogen-bond acceptors (Lipinski definition) is 1. The van der Waals surface area contributed by atoms with Gasteiger partial charge in [-0.3, -0.25) is 4.90 Å². The quantitative estimate of drug-likeness (QED) is 0.450. The normalized spacial score (nSPS) is 12.8. The minimum Gasteiger partial charge on any atom is -0.299 e. The van der Waals surface area contributed by atoms with Crippen molar-refractivity contribution in [1.82, 2.24) is 4.90 Å². The molecule has 25 heavy (non-hydrogen) atoms. The van der Waals surface area contributed by atoms with Crippen LogP contribution in [0.15, 0.2) is 78.9 Å². The molecule has 0 heterocycles. The second kappa shape index (κ2) is 6.34. The van der Waals surface area contributed by atoms with E-state index < -0.39 is 0 Å². The number of fused-ring (bicyclic) bond motifs is 2. The highest BCUT2D eigenvalue weighted by Gasteiger charge is 2.19. The highest BCUT2D eigenvalue weighted by atomic mass is 15.1. The van der Waals surface area contributed by atoms with Gasteiger partial charge in [-0.05, 0) is 71.4 Å². The Morgan fingerprint density at radius 3 is 1.84 bits per heavy atom. The molecular weight excluding hydrogens is 302 g/mol. The summed E-state index contributed by atoms with van der Waals surface area (Å²) in [6.45, 7) is 2.22. The molecule has 0 fully saturated rings. The number of benzene rings is 4. The molecule has 0 saturated carbocycles. The van der Waals surface area contributed by atoms with Crippen molar-refractivity contribution in [1.29, 1.82) is 0 Å². The Kier molecular flexibility index (Phi) is 4.03. The fraction of sp³-hybridized carbons (Fsp3) is 0.167. The molecule has 4 aromatic carbocycles. The predicted octanol–water partition coefficient (Wildman–Crippen LogP) is 5.95. The van der Waals surface area contributed by atoms with E-state index in [-0.39, 0.29) is 6.04 Å². The van der Waals surface area contributed by atoms with Gasteiger partial charge >= 0.3 is 0 Å². The molecule has 0 N–H and O–H groups in total. The summed E-state index contributed by atoms with van der Waals surface area (Å²) in [6.07, 6.45) is 0. The molecule has 0 aromatic heterocycles. The van der Waals surface area contributed by atoms with Crippen LogP contribution in [-0.4, -0.2) is 19.0 Å². The SMILES string of the molecule is Cc1cc2ccccc2cc1[C@H](c1ccc2ccccc2c1)N(C)C. The van der Waals surface area contributed by atoms with Gasteiger partial charge in [0, 0.05) is 0 Å². The molecule has 0 bridgehead atoms. The van der Waals surface area contributed by atoms with Crippen molar-refractivity contribution in [3.63, 3.8) is 0 Å². The van der Waals surface area contributed by atoms with Crippen molar-refractivity contribution in [3.05, 3.63) is 95.6 Å². The number of aryl methyl sites for hydroxylation is 1. The Bertz CT molecular complexity index is 1050. The van der Waals surface area contributed by atoms with Gasteiger partial charge in [0.2, 0.25) is 0 Å². The summed E-state index contributed by atoms with van der Waals surface area (Å²) < 4.78 is 0. The van der Waals surface area contributed by atoms with Crippen LogP contribution in [0.2, 0.25) is 0 Å². The predicted molar refractivity (Wildman–Crippen MR) is 108 cm³/mol. The van der Waals surface area contributed by atoms with Gasteiger partial charge in [-0.1, -0.05) is 66.7 Å². The van der Waals surface area contributed by atoms with Crippen LogP contribution >= 0.6 is 0 Å². The molecule has 1 heteroatoms. The second-order valence-electron chi connectivity index (χ2n) is 7.03. The van der Waals surface area contributed by atoms with Crippen molar-refractivity contribution in [2.75, 3.05) is 14.1 Å². The average molecular weight is 325 g/mol. The Hall–Kier alpha value is -2.64. The van der Waals surface area contributed by atoms with E-state index >= 15 is 0 Å². The lowest BCUT2D eigenvalue weighted by Crippen LogP contribution is -2.22. The largest absolute Gasteiger partial charge is 0.299 e. The van der Waals surface area contributed by atoms with Crippen LogP contribution < -0.4 is 0 Å². The van der Waals surface area contributed by atoms with Gasteiger partial charge in [0.15, 0.2) is 0 Å². The van der Waals surface area contributed by atoms with Crippen molar-refractivity contribution < 1.29 is 0 Å². The molecule has 4 rings (SSSR count). The van der Waals surface area contributed by atoms with Crippen molar-refractivity contribution >= 4 is 21.5 Å². The van der Waals surface area contributed by atoms with Crippen molar-refractivity contribution in [3.8, 4) is 0 Å². The van der Waals surface area contributed by atoms with Gasteiger partial charge in [0.1, 0.15) is 0 Å². The lowest BCUT2D eigenvalue weighted by Gasteiger charge is -2.27. The van der Waals surface area contributed by atoms with Crippen LogP contribution in [0.25, 0.3) is 21.5 Å². The monoisotopic (exact) mass is 325 g/mol. The van der Waals surface area contributed by atoms with Gasteiger partial charge < -0.3 is 0 Å². The Balaban J connectivity index is 1.90. The molecule has 0 aliphatic carbocycles. The molecule has 124 valence electrons. The van der Waals surface area contributed by atoms with E-state index in [2.05, 4.69) is 105 Å². The summed E-state index contributed by atoms with van der Waals surface area (Å²) in [4.78, 5) is 2.31. The van der Waals surface area contributed by atoms with Gasteiger partial charge in [-0.2, -0.15) is 0 Å². The van der Waals surface area contributed by atoms with Crippen molar-refractivity contribution in [2.24, 2.45) is 0 Å². The van der Waals surface area contributed by atoms with E-state index in [1.807, 2.05) is 0 Å². The van der Waals surface area contributed by atoms with E-state index in [4.69, 9.17) is 0 Å². The first kappa shape index (κ1) is 15.9. The highest BCUT2D eigenvalue weighted by molar-refractivity contribution is 5.85. The topological polar surface area (TPSA) is 3.24 Å². The lowest BCUT2D eigenvalue weighted by atomic mass is 9.90. The molecular formula is C24H23N. The summed E-state index contributed by atoms with van der Waals surface area (Å²) in [6, 6.07) is 28.9. The molecule has 0 amide bonds. The smallest absolute Gasteiger partial charge is 0.0599 e. The first-order chi connectivity index (χ1) is 12.1. The molecule has 0 saturated heterocycles. The molecule has 4 aromatic rings.